The first kappa shape index (κ1) is 25.2. The second kappa shape index (κ2) is 10.7. The Morgan fingerprint density at radius 1 is 0.700 bits per heavy atom. The zero-order chi connectivity index (χ0) is 27.1. The van der Waals surface area contributed by atoms with Crippen LogP contribution in [0.2, 0.25) is 0 Å². The van der Waals surface area contributed by atoms with E-state index < -0.39 is 8.53 Å². The van der Waals surface area contributed by atoms with Gasteiger partial charge in [0, 0.05) is 23.2 Å². The molecule has 4 atom stereocenters. The lowest BCUT2D eigenvalue weighted by Crippen LogP contribution is -2.36. The van der Waals surface area contributed by atoms with Gasteiger partial charge in [0.1, 0.15) is 5.75 Å². The van der Waals surface area contributed by atoms with E-state index >= 15 is 0 Å². The average Bonchev–Trinajstić information content (AvgIpc) is 3.19. The molecule has 2 unspecified atom stereocenters. The number of hydrogen-bond donors (Lipinski definition) is 0. The molecule has 5 aromatic rings. The fourth-order valence-corrected chi connectivity index (χ4v) is 7.95. The molecule has 40 heavy (non-hydrogen) atoms. The summed E-state index contributed by atoms with van der Waals surface area (Å²) in [5, 5.41) is 4.91. The van der Waals surface area contributed by atoms with E-state index in [1.807, 2.05) is 0 Å². The van der Waals surface area contributed by atoms with Crippen molar-refractivity contribution < 1.29 is 9.05 Å². The largest absolute Gasteiger partial charge is 0.435 e. The molecule has 0 fully saturated rings. The molecule has 5 aromatic carbocycles. The van der Waals surface area contributed by atoms with Crippen molar-refractivity contribution in [1.82, 2.24) is 4.67 Å². The first-order chi connectivity index (χ1) is 19.7. The van der Waals surface area contributed by atoms with Crippen LogP contribution in [0.15, 0.2) is 121 Å². The van der Waals surface area contributed by atoms with Gasteiger partial charge < -0.3 is 9.05 Å². The molecule has 3 nitrogen and oxygen atoms in total. The van der Waals surface area contributed by atoms with Crippen LogP contribution in [0.1, 0.15) is 49.0 Å². The zero-order valence-corrected chi connectivity index (χ0v) is 23.7. The predicted molar refractivity (Wildman–Crippen MR) is 165 cm³/mol. The first-order valence-electron chi connectivity index (χ1n) is 14.0. The maximum Gasteiger partial charge on any atom is 0.322 e. The highest BCUT2D eigenvalue weighted by atomic mass is 31.2. The van der Waals surface area contributed by atoms with E-state index in [-0.39, 0.29) is 18.2 Å². The summed E-state index contributed by atoms with van der Waals surface area (Å²) in [5.41, 5.74) is 4.88. The molecule has 1 aliphatic carbocycles. The summed E-state index contributed by atoms with van der Waals surface area (Å²) in [7, 11) is -1.47. The average molecular weight is 542 g/mol. The summed E-state index contributed by atoms with van der Waals surface area (Å²) in [6, 6.07) is 43.2. The molecule has 0 radical (unpaired) electrons. The highest BCUT2D eigenvalue weighted by Crippen LogP contribution is 2.58. The Hall–Kier alpha value is -3.75. The lowest BCUT2D eigenvalue weighted by molar-refractivity contribution is 0.187. The molecule has 0 N–H and O–H groups in total. The van der Waals surface area contributed by atoms with Crippen molar-refractivity contribution in [2.24, 2.45) is 0 Å². The van der Waals surface area contributed by atoms with Gasteiger partial charge >= 0.3 is 8.53 Å². The monoisotopic (exact) mass is 541 g/mol. The zero-order valence-electron chi connectivity index (χ0n) is 22.8. The van der Waals surface area contributed by atoms with Gasteiger partial charge in [-0.3, -0.25) is 0 Å². The third kappa shape index (κ3) is 4.45. The Morgan fingerprint density at radius 3 is 2.05 bits per heavy atom. The molecule has 4 heteroatoms. The Morgan fingerprint density at radius 2 is 1.32 bits per heavy atom. The molecule has 0 spiro atoms. The minimum Gasteiger partial charge on any atom is -0.435 e. The van der Waals surface area contributed by atoms with Crippen LogP contribution in [0, 0.1) is 0 Å². The topological polar surface area (TPSA) is 21.7 Å². The summed E-state index contributed by atoms with van der Waals surface area (Å²) in [4.78, 5) is 0. The van der Waals surface area contributed by atoms with Gasteiger partial charge in [-0.15, -0.1) is 0 Å². The fourth-order valence-electron chi connectivity index (χ4n) is 6.15. The molecule has 1 aliphatic heterocycles. The minimum absolute atomic E-state index is 0.0767. The summed E-state index contributed by atoms with van der Waals surface area (Å²) in [5.74, 6) is 0.893. The van der Waals surface area contributed by atoms with Gasteiger partial charge in [-0.1, -0.05) is 121 Å². The van der Waals surface area contributed by atoms with Gasteiger partial charge in [0.15, 0.2) is 0 Å². The van der Waals surface area contributed by atoms with E-state index in [9.17, 15) is 0 Å². The maximum atomic E-state index is 7.15. The number of fused-ring (bicyclic) bond motifs is 6. The third-order valence-corrected chi connectivity index (χ3v) is 10.1. The van der Waals surface area contributed by atoms with Crippen molar-refractivity contribution in [2.75, 3.05) is 0 Å². The summed E-state index contributed by atoms with van der Waals surface area (Å²) >= 11 is 0. The number of rotatable bonds is 5. The van der Waals surface area contributed by atoms with E-state index in [4.69, 9.17) is 9.05 Å². The minimum atomic E-state index is -1.47. The van der Waals surface area contributed by atoms with E-state index in [1.165, 1.54) is 37.9 Å². The van der Waals surface area contributed by atoms with Crippen LogP contribution in [0.3, 0.4) is 0 Å². The Balaban J connectivity index is 1.44. The molecule has 198 valence electrons. The normalized spacial score (nSPS) is 19.4. The van der Waals surface area contributed by atoms with E-state index in [2.05, 4.69) is 146 Å². The standard InChI is InChI=1S/C36H32NO2P/c1-25(27-13-5-3-6-14-27)37(26(2)28-15-7-4-8-16-28)40-38-33-23-21-29-17-9-11-19-31(29)35(33)36-32-20-12-10-18-30(32)22-24-34(36)39-40/h3-23,25-26,34H,24H2,1-2H3/t25-,26-,34?,40?/m1/s1. The van der Waals surface area contributed by atoms with E-state index in [0.29, 0.717) is 0 Å². The van der Waals surface area contributed by atoms with E-state index in [1.54, 1.807) is 0 Å². The molecule has 1 heterocycles. The molecule has 7 rings (SSSR count). The summed E-state index contributed by atoms with van der Waals surface area (Å²) < 4.78 is 16.7. The van der Waals surface area contributed by atoms with Crippen LogP contribution >= 0.6 is 8.53 Å². The molecule has 0 amide bonds. The summed E-state index contributed by atoms with van der Waals surface area (Å²) in [6.07, 6.45) is 3.02. The maximum absolute atomic E-state index is 7.15. The molecule has 0 bridgehead atoms. The van der Waals surface area contributed by atoms with Crippen molar-refractivity contribution >= 4 is 30.9 Å². The smallest absolute Gasteiger partial charge is 0.322 e. The van der Waals surface area contributed by atoms with Crippen molar-refractivity contribution in [3.8, 4) is 5.75 Å². The van der Waals surface area contributed by atoms with Crippen molar-refractivity contribution in [3.05, 3.63) is 148 Å². The SMILES string of the molecule is C[C@H](c1ccccc1)N([C@H](C)c1ccccc1)P1Oc2ccc3ccccc3c2C2=c3ccccc3=CCC2O1. The highest BCUT2D eigenvalue weighted by Gasteiger charge is 2.40. The van der Waals surface area contributed by atoms with Crippen LogP contribution < -0.4 is 15.0 Å². The van der Waals surface area contributed by atoms with Crippen LogP contribution in [-0.2, 0) is 4.52 Å². The van der Waals surface area contributed by atoms with Gasteiger partial charge in [-0.2, -0.15) is 0 Å². The molecule has 0 aromatic heterocycles. The molecule has 0 saturated carbocycles. The molecular formula is C36H32NO2P. The molecule has 0 saturated heterocycles. The van der Waals surface area contributed by atoms with Crippen molar-refractivity contribution in [1.29, 1.82) is 0 Å². The van der Waals surface area contributed by atoms with Gasteiger partial charge in [-0.05, 0) is 58.7 Å². The van der Waals surface area contributed by atoms with E-state index in [0.717, 1.165) is 17.7 Å². The number of nitrogens with zero attached hydrogens (tertiary/aromatic N) is 1. The fraction of sp³-hybridized carbons (Fsp3) is 0.167. The quantitative estimate of drug-likeness (QED) is 0.210. The van der Waals surface area contributed by atoms with Crippen molar-refractivity contribution in [2.45, 2.75) is 38.5 Å². The van der Waals surface area contributed by atoms with Gasteiger partial charge in [0.2, 0.25) is 0 Å². The first-order valence-corrected chi connectivity index (χ1v) is 15.2. The molecule has 2 aliphatic rings. The van der Waals surface area contributed by atoms with Gasteiger partial charge in [-0.25, -0.2) is 4.67 Å². The van der Waals surface area contributed by atoms with Gasteiger partial charge in [0.05, 0.1) is 6.10 Å². The Kier molecular flexibility index (Phi) is 6.73. The van der Waals surface area contributed by atoms with Gasteiger partial charge in [0.25, 0.3) is 0 Å². The Labute approximate surface area is 237 Å². The van der Waals surface area contributed by atoms with Crippen LogP contribution in [0.5, 0.6) is 5.75 Å². The van der Waals surface area contributed by atoms with Crippen LogP contribution in [0.25, 0.3) is 22.4 Å². The Bertz CT molecular complexity index is 1740. The predicted octanol–water partition coefficient (Wildman–Crippen LogP) is 8.05. The number of benzene rings is 5. The lowest BCUT2D eigenvalue weighted by atomic mass is 9.88. The summed E-state index contributed by atoms with van der Waals surface area (Å²) in [6.45, 7) is 4.53. The second-order valence-electron chi connectivity index (χ2n) is 10.6. The van der Waals surface area contributed by atoms with Crippen LogP contribution in [0.4, 0.5) is 0 Å². The van der Waals surface area contributed by atoms with Crippen LogP contribution in [-0.4, -0.2) is 10.8 Å². The van der Waals surface area contributed by atoms with Crippen molar-refractivity contribution in [3.63, 3.8) is 0 Å². The highest BCUT2D eigenvalue weighted by molar-refractivity contribution is 7.45. The number of hydrogen-bond acceptors (Lipinski definition) is 3. The second-order valence-corrected chi connectivity index (χ2v) is 11.9. The molecular weight excluding hydrogens is 509 g/mol. The third-order valence-electron chi connectivity index (χ3n) is 8.22. The lowest BCUT2D eigenvalue weighted by Gasteiger charge is -2.39.